The zero-order chi connectivity index (χ0) is 14.6. The average molecular weight is 276 g/mol. The van der Waals surface area contributed by atoms with Gasteiger partial charge in [0, 0.05) is 6.54 Å². The third-order valence-corrected chi connectivity index (χ3v) is 3.75. The Bertz CT molecular complexity index is 508. The highest BCUT2D eigenvalue weighted by molar-refractivity contribution is 5.88. The molecule has 1 fully saturated rings. The van der Waals surface area contributed by atoms with Crippen molar-refractivity contribution in [3.8, 4) is 0 Å². The number of amides is 1. The lowest BCUT2D eigenvalue weighted by Gasteiger charge is -2.33. The first-order valence-corrected chi connectivity index (χ1v) is 6.87. The van der Waals surface area contributed by atoms with Crippen LogP contribution in [0.15, 0.2) is 24.3 Å². The molecule has 5 heteroatoms. The van der Waals surface area contributed by atoms with E-state index in [0.29, 0.717) is 6.54 Å². The molecule has 1 heterocycles. The molecule has 1 aliphatic heterocycles. The number of hydrogen-bond donors (Lipinski definition) is 3. The zero-order valence-corrected chi connectivity index (χ0v) is 11.6. The molecule has 2 rings (SSSR count). The molecule has 1 aromatic rings. The van der Waals surface area contributed by atoms with Gasteiger partial charge in [0.15, 0.2) is 0 Å². The molecule has 1 unspecified atom stereocenters. The third kappa shape index (κ3) is 3.36. The molecule has 1 amide bonds. The molecule has 0 bridgehead atoms. The van der Waals surface area contributed by atoms with Crippen LogP contribution in [0.25, 0.3) is 0 Å². The molecule has 0 spiro atoms. The Balaban J connectivity index is 1.96. The van der Waals surface area contributed by atoms with E-state index in [9.17, 15) is 9.59 Å². The lowest BCUT2D eigenvalue weighted by Crippen LogP contribution is -2.56. The quantitative estimate of drug-likeness (QED) is 0.779. The first-order valence-electron chi connectivity index (χ1n) is 6.87. The molecular formula is C15H20N2O3. The van der Waals surface area contributed by atoms with Crippen molar-refractivity contribution in [3.05, 3.63) is 35.4 Å². The molecule has 1 aromatic carbocycles. The van der Waals surface area contributed by atoms with Crippen molar-refractivity contribution in [2.24, 2.45) is 0 Å². The van der Waals surface area contributed by atoms with E-state index in [-0.39, 0.29) is 11.5 Å². The van der Waals surface area contributed by atoms with Gasteiger partial charge in [0.25, 0.3) is 0 Å². The van der Waals surface area contributed by atoms with Crippen molar-refractivity contribution in [3.63, 3.8) is 0 Å². The van der Waals surface area contributed by atoms with E-state index >= 15 is 0 Å². The van der Waals surface area contributed by atoms with Crippen LogP contribution in [0.2, 0.25) is 0 Å². The fraction of sp³-hybridized carbons (Fsp3) is 0.467. The number of carboxylic acid groups (broad SMARTS) is 1. The predicted molar refractivity (Wildman–Crippen MR) is 75.5 cm³/mol. The highest BCUT2D eigenvalue weighted by Gasteiger charge is 2.33. The maximum absolute atomic E-state index is 12.2. The maximum Gasteiger partial charge on any atom is 0.335 e. The molecule has 0 aliphatic carbocycles. The first kappa shape index (κ1) is 14.5. The lowest BCUT2D eigenvalue weighted by atomic mass is 9.90. The molecule has 1 atom stereocenters. The number of carboxylic acids is 1. The van der Waals surface area contributed by atoms with Crippen molar-refractivity contribution >= 4 is 11.9 Å². The molecule has 5 nitrogen and oxygen atoms in total. The van der Waals surface area contributed by atoms with Gasteiger partial charge in [-0.2, -0.15) is 0 Å². The Hall–Kier alpha value is -1.88. The van der Waals surface area contributed by atoms with Gasteiger partial charge in [0.1, 0.15) is 0 Å². The largest absolute Gasteiger partial charge is 0.478 e. The number of rotatable bonds is 4. The Morgan fingerprint density at radius 2 is 2.20 bits per heavy atom. The van der Waals surface area contributed by atoms with Crippen LogP contribution in [0.3, 0.4) is 0 Å². The van der Waals surface area contributed by atoms with Crippen LogP contribution in [0, 0.1) is 0 Å². The average Bonchev–Trinajstić information content (AvgIpc) is 2.45. The first-order chi connectivity index (χ1) is 9.51. The van der Waals surface area contributed by atoms with Gasteiger partial charge >= 0.3 is 5.97 Å². The number of piperidine rings is 1. The second-order valence-electron chi connectivity index (χ2n) is 5.40. The van der Waals surface area contributed by atoms with E-state index in [1.165, 1.54) is 6.07 Å². The van der Waals surface area contributed by atoms with E-state index in [0.717, 1.165) is 31.4 Å². The maximum atomic E-state index is 12.2. The monoisotopic (exact) mass is 276 g/mol. The minimum atomic E-state index is -0.959. The second-order valence-corrected chi connectivity index (χ2v) is 5.40. The Kier molecular flexibility index (Phi) is 4.39. The number of nitrogens with one attached hydrogen (secondary N) is 2. The summed E-state index contributed by atoms with van der Waals surface area (Å²) < 4.78 is 0. The summed E-state index contributed by atoms with van der Waals surface area (Å²) in [5.41, 5.74) is 0.513. The lowest BCUT2D eigenvalue weighted by molar-refractivity contribution is -0.128. The predicted octanol–water partition coefficient (Wildman–Crippen LogP) is 1.53. The summed E-state index contributed by atoms with van der Waals surface area (Å²) in [5.74, 6) is -0.989. The van der Waals surface area contributed by atoms with E-state index < -0.39 is 11.5 Å². The van der Waals surface area contributed by atoms with Gasteiger partial charge in [-0.05, 0) is 50.4 Å². The number of hydrogen-bond acceptors (Lipinski definition) is 3. The van der Waals surface area contributed by atoms with Crippen LogP contribution >= 0.6 is 0 Å². The SMILES string of the molecule is CC1(C(=O)NCc2cccc(C(=O)O)c2)CCCCN1. The van der Waals surface area contributed by atoms with E-state index in [2.05, 4.69) is 10.6 Å². The minimum absolute atomic E-state index is 0.0297. The molecule has 1 saturated heterocycles. The van der Waals surface area contributed by atoms with Crippen molar-refractivity contribution in [2.45, 2.75) is 38.3 Å². The molecule has 20 heavy (non-hydrogen) atoms. The standard InChI is InChI=1S/C15H20N2O3/c1-15(7-2-3-8-17-15)14(20)16-10-11-5-4-6-12(9-11)13(18)19/h4-6,9,17H,2-3,7-8,10H2,1H3,(H,16,20)(H,18,19). The summed E-state index contributed by atoms with van der Waals surface area (Å²) in [7, 11) is 0. The van der Waals surface area contributed by atoms with Crippen LogP contribution in [0.5, 0.6) is 0 Å². The van der Waals surface area contributed by atoms with Crippen molar-refractivity contribution in [1.29, 1.82) is 0 Å². The molecule has 108 valence electrons. The normalized spacial score (nSPS) is 22.2. The molecule has 0 radical (unpaired) electrons. The molecule has 0 saturated carbocycles. The summed E-state index contributed by atoms with van der Waals surface area (Å²) >= 11 is 0. The van der Waals surface area contributed by atoms with E-state index in [1.54, 1.807) is 12.1 Å². The number of benzene rings is 1. The smallest absolute Gasteiger partial charge is 0.335 e. The molecular weight excluding hydrogens is 256 g/mol. The second kappa shape index (κ2) is 6.05. The fourth-order valence-electron chi connectivity index (χ4n) is 2.44. The Morgan fingerprint density at radius 1 is 1.40 bits per heavy atom. The summed E-state index contributed by atoms with van der Waals surface area (Å²) in [6.45, 7) is 3.12. The number of carbonyl (C=O) groups excluding carboxylic acids is 1. The summed E-state index contributed by atoms with van der Waals surface area (Å²) in [5, 5.41) is 15.1. The van der Waals surface area contributed by atoms with Crippen LogP contribution in [0.1, 0.15) is 42.1 Å². The summed E-state index contributed by atoms with van der Waals surface area (Å²) in [6.07, 6.45) is 2.98. The highest BCUT2D eigenvalue weighted by atomic mass is 16.4. The van der Waals surface area contributed by atoms with Gasteiger partial charge < -0.3 is 15.7 Å². The Morgan fingerprint density at radius 3 is 2.85 bits per heavy atom. The summed E-state index contributed by atoms with van der Waals surface area (Å²) in [4.78, 5) is 23.1. The van der Waals surface area contributed by atoms with E-state index in [1.807, 2.05) is 13.0 Å². The number of carbonyl (C=O) groups is 2. The number of aromatic carboxylic acids is 1. The van der Waals surface area contributed by atoms with Crippen LogP contribution in [0.4, 0.5) is 0 Å². The summed E-state index contributed by atoms with van der Waals surface area (Å²) in [6, 6.07) is 6.62. The van der Waals surface area contributed by atoms with E-state index in [4.69, 9.17) is 5.11 Å². The molecule has 3 N–H and O–H groups in total. The van der Waals surface area contributed by atoms with Crippen LogP contribution in [-0.4, -0.2) is 29.1 Å². The van der Waals surface area contributed by atoms with Gasteiger partial charge in [-0.15, -0.1) is 0 Å². The van der Waals surface area contributed by atoms with Gasteiger partial charge in [-0.25, -0.2) is 4.79 Å². The van der Waals surface area contributed by atoms with Crippen LogP contribution in [-0.2, 0) is 11.3 Å². The minimum Gasteiger partial charge on any atom is -0.478 e. The topological polar surface area (TPSA) is 78.4 Å². The van der Waals surface area contributed by atoms with Gasteiger partial charge in [-0.1, -0.05) is 12.1 Å². The molecule has 1 aliphatic rings. The van der Waals surface area contributed by atoms with Crippen molar-refractivity contribution in [2.75, 3.05) is 6.54 Å². The van der Waals surface area contributed by atoms with Crippen LogP contribution < -0.4 is 10.6 Å². The van der Waals surface area contributed by atoms with Gasteiger partial charge in [0.2, 0.25) is 5.91 Å². The third-order valence-electron chi connectivity index (χ3n) is 3.75. The fourth-order valence-corrected chi connectivity index (χ4v) is 2.44. The highest BCUT2D eigenvalue weighted by Crippen LogP contribution is 2.19. The zero-order valence-electron chi connectivity index (χ0n) is 11.6. The Labute approximate surface area is 118 Å². The van der Waals surface area contributed by atoms with Crippen molar-refractivity contribution < 1.29 is 14.7 Å². The van der Waals surface area contributed by atoms with Gasteiger partial charge in [0.05, 0.1) is 11.1 Å². The van der Waals surface area contributed by atoms with Crippen molar-refractivity contribution in [1.82, 2.24) is 10.6 Å². The molecule has 0 aromatic heterocycles. The van der Waals surface area contributed by atoms with Gasteiger partial charge in [-0.3, -0.25) is 4.79 Å².